The fourth-order valence-electron chi connectivity index (χ4n) is 0.314. The van der Waals surface area contributed by atoms with E-state index in [0.717, 1.165) is 5.88 Å². The lowest BCUT2D eigenvalue weighted by Gasteiger charge is -2.23. The van der Waals surface area contributed by atoms with Gasteiger partial charge >= 0.3 is 0 Å². The van der Waals surface area contributed by atoms with Crippen LogP contribution in [0.3, 0.4) is 0 Å². The number of hydrazine groups is 1. The van der Waals surface area contributed by atoms with Crippen molar-refractivity contribution in [2.24, 2.45) is 0 Å². The zero-order chi connectivity index (χ0) is 8.15. The van der Waals surface area contributed by atoms with Crippen LogP contribution in [0.5, 0.6) is 0 Å². The third-order valence-electron chi connectivity index (χ3n) is 1.07. The van der Waals surface area contributed by atoms with E-state index < -0.39 is 0 Å². The van der Waals surface area contributed by atoms with Gasteiger partial charge < -0.3 is 0 Å². The largest absolute Gasteiger partial charge is 0.299 e. The van der Waals surface area contributed by atoms with Crippen LogP contribution in [-0.4, -0.2) is 55.4 Å². The molecule has 0 saturated carbocycles. The van der Waals surface area contributed by atoms with Gasteiger partial charge in [-0.05, 0) is 26.0 Å². The highest BCUT2D eigenvalue weighted by molar-refractivity contribution is 7.96. The van der Waals surface area contributed by atoms with E-state index in [0.29, 0.717) is 0 Å². The molecule has 0 aromatic rings. The lowest BCUT2D eigenvalue weighted by molar-refractivity contribution is 0.176. The van der Waals surface area contributed by atoms with E-state index >= 15 is 0 Å². The van der Waals surface area contributed by atoms with Crippen molar-refractivity contribution < 1.29 is 0 Å². The second-order valence-electron chi connectivity index (χ2n) is 2.65. The molecule has 0 bridgehead atoms. The van der Waals surface area contributed by atoms with E-state index in [-0.39, 0.29) is 0 Å². The molecule has 0 radical (unpaired) electrons. The first-order chi connectivity index (χ1) is 4.54. The molecule has 0 heterocycles. The Kier molecular flexibility index (Phi) is 5.07. The van der Waals surface area contributed by atoms with Crippen molar-refractivity contribution in [2.45, 2.75) is 0 Å². The molecular formula is C6H17N3S. The highest BCUT2D eigenvalue weighted by Crippen LogP contribution is 2.07. The lowest BCUT2D eigenvalue weighted by Crippen LogP contribution is -2.29. The summed E-state index contributed by atoms with van der Waals surface area (Å²) < 4.78 is 2.10. The summed E-state index contributed by atoms with van der Waals surface area (Å²) in [5.74, 6) is 1.02. The van der Waals surface area contributed by atoms with Crippen LogP contribution in [0.4, 0.5) is 0 Å². The monoisotopic (exact) mass is 163 g/mol. The number of hydrogen-bond acceptors (Lipinski definition) is 4. The fourth-order valence-corrected chi connectivity index (χ4v) is 0.943. The third kappa shape index (κ3) is 5.05. The van der Waals surface area contributed by atoms with Crippen molar-refractivity contribution in [1.29, 1.82) is 0 Å². The minimum atomic E-state index is 1.02. The Morgan fingerprint density at radius 1 is 1.00 bits per heavy atom. The standard InChI is InChI=1S/C6H17N3S/c1-7(2)6-10-9(5)8(3)4/h6H2,1-5H3. The van der Waals surface area contributed by atoms with Gasteiger partial charge in [0.1, 0.15) is 0 Å². The molecule has 0 fully saturated rings. The molecule has 0 N–H and O–H groups in total. The maximum absolute atomic E-state index is 2.14. The minimum Gasteiger partial charge on any atom is -0.299 e. The lowest BCUT2D eigenvalue weighted by atomic mass is 11.0. The first-order valence-corrected chi connectivity index (χ1v) is 4.17. The number of rotatable bonds is 4. The first-order valence-electron chi connectivity index (χ1n) is 3.22. The summed E-state index contributed by atoms with van der Waals surface area (Å²) in [4.78, 5) is 2.14. The van der Waals surface area contributed by atoms with E-state index in [4.69, 9.17) is 0 Å². The van der Waals surface area contributed by atoms with Crippen LogP contribution in [0.2, 0.25) is 0 Å². The molecule has 0 atom stereocenters. The van der Waals surface area contributed by atoms with Crippen LogP contribution in [0.25, 0.3) is 0 Å². The molecule has 0 aromatic heterocycles. The average Bonchev–Trinajstić information content (AvgIpc) is 1.82. The van der Waals surface area contributed by atoms with E-state index in [9.17, 15) is 0 Å². The van der Waals surface area contributed by atoms with E-state index in [1.807, 2.05) is 26.2 Å². The van der Waals surface area contributed by atoms with Gasteiger partial charge in [-0.25, -0.2) is 5.01 Å². The Morgan fingerprint density at radius 2 is 1.50 bits per heavy atom. The van der Waals surface area contributed by atoms with E-state index in [1.165, 1.54) is 0 Å². The Hall–Kier alpha value is 0.230. The normalized spacial score (nSPS) is 12.0. The van der Waals surface area contributed by atoms with Crippen molar-refractivity contribution >= 4 is 11.9 Å². The molecule has 0 rings (SSSR count). The fraction of sp³-hybridized carbons (Fsp3) is 1.00. The topological polar surface area (TPSA) is 9.72 Å². The number of nitrogens with zero attached hydrogens (tertiary/aromatic N) is 3. The van der Waals surface area contributed by atoms with E-state index in [2.05, 4.69) is 23.4 Å². The summed E-state index contributed by atoms with van der Waals surface area (Å²) in [6.45, 7) is 0. The van der Waals surface area contributed by atoms with Crippen LogP contribution in [-0.2, 0) is 0 Å². The van der Waals surface area contributed by atoms with Crippen LogP contribution in [0.15, 0.2) is 0 Å². The highest BCUT2D eigenvalue weighted by atomic mass is 32.2. The molecule has 0 amide bonds. The summed E-state index contributed by atoms with van der Waals surface area (Å²) in [6.07, 6.45) is 0. The van der Waals surface area contributed by atoms with Crippen molar-refractivity contribution in [1.82, 2.24) is 14.3 Å². The van der Waals surface area contributed by atoms with Crippen molar-refractivity contribution in [3.05, 3.63) is 0 Å². The van der Waals surface area contributed by atoms with Gasteiger partial charge in [0.25, 0.3) is 0 Å². The summed E-state index contributed by atoms with van der Waals surface area (Å²) in [6, 6.07) is 0. The maximum Gasteiger partial charge on any atom is 0.0600 e. The zero-order valence-electron chi connectivity index (χ0n) is 7.46. The molecule has 0 aliphatic rings. The molecule has 0 aromatic carbocycles. The molecular weight excluding hydrogens is 146 g/mol. The molecule has 0 aliphatic heterocycles. The van der Waals surface area contributed by atoms with Crippen LogP contribution in [0, 0.1) is 0 Å². The minimum absolute atomic E-state index is 1.02. The first kappa shape index (κ1) is 10.2. The Labute approximate surface area is 68.1 Å². The maximum atomic E-state index is 2.14. The Bertz CT molecular complexity index is 85.1. The predicted octanol–water partition coefficient (Wildman–Crippen LogP) is 0.562. The SMILES string of the molecule is CN(C)CSN(C)N(C)C. The molecule has 3 nitrogen and oxygen atoms in total. The van der Waals surface area contributed by atoms with Gasteiger partial charge in [0, 0.05) is 21.1 Å². The summed E-state index contributed by atoms with van der Waals surface area (Å²) in [5, 5.41) is 2.05. The highest BCUT2D eigenvalue weighted by Gasteiger charge is 2.00. The Morgan fingerprint density at radius 3 is 1.80 bits per heavy atom. The second kappa shape index (κ2) is 4.96. The summed E-state index contributed by atoms with van der Waals surface area (Å²) >= 11 is 1.78. The quantitative estimate of drug-likeness (QED) is 0.340. The van der Waals surface area contributed by atoms with Crippen LogP contribution in [0.1, 0.15) is 0 Å². The van der Waals surface area contributed by atoms with Gasteiger partial charge in [-0.3, -0.25) is 4.90 Å². The predicted molar refractivity (Wildman–Crippen MR) is 47.6 cm³/mol. The molecule has 4 heteroatoms. The smallest absolute Gasteiger partial charge is 0.0600 e. The van der Waals surface area contributed by atoms with Crippen LogP contribution >= 0.6 is 11.9 Å². The third-order valence-corrected chi connectivity index (χ3v) is 2.40. The van der Waals surface area contributed by atoms with E-state index in [1.54, 1.807) is 11.9 Å². The van der Waals surface area contributed by atoms with Crippen molar-refractivity contribution in [3.8, 4) is 0 Å². The van der Waals surface area contributed by atoms with Crippen LogP contribution < -0.4 is 0 Å². The van der Waals surface area contributed by atoms with Gasteiger partial charge in [0.05, 0.1) is 5.88 Å². The molecule has 0 aliphatic carbocycles. The second-order valence-corrected chi connectivity index (χ2v) is 3.69. The Balaban J connectivity index is 3.30. The molecule has 0 saturated heterocycles. The molecule has 0 unspecified atom stereocenters. The summed E-state index contributed by atoms with van der Waals surface area (Å²) in [7, 11) is 10.2. The zero-order valence-corrected chi connectivity index (χ0v) is 8.27. The molecule has 10 heavy (non-hydrogen) atoms. The van der Waals surface area contributed by atoms with Gasteiger partial charge in [0.15, 0.2) is 0 Å². The van der Waals surface area contributed by atoms with Gasteiger partial charge in [0.2, 0.25) is 0 Å². The molecule has 62 valence electrons. The summed E-state index contributed by atoms with van der Waals surface area (Å²) in [5.41, 5.74) is 0. The van der Waals surface area contributed by atoms with Crippen molar-refractivity contribution in [3.63, 3.8) is 0 Å². The molecule has 0 spiro atoms. The van der Waals surface area contributed by atoms with Gasteiger partial charge in [-0.2, -0.15) is 4.41 Å². The average molecular weight is 163 g/mol. The number of hydrogen-bond donors (Lipinski definition) is 0. The van der Waals surface area contributed by atoms with Gasteiger partial charge in [-0.15, -0.1) is 0 Å². The van der Waals surface area contributed by atoms with Gasteiger partial charge in [-0.1, -0.05) is 0 Å². The van der Waals surface area contributed by atoms with Crippen molar-refractivity contribution in [2.75, 3.05) is 41.1 Å².